The van der Waals surface area contributed by atoms with Crippen molar-refractivity contribution < 1.29 is 8.83 Å². The second kappa shape index (κ2) is 15.3. The Morgan fingerprint density at radius 2 is 0.810 bits per heavy atom. The largest absolute Gasteiger partial charge is 0.456 e. The molecule has 0 aliphatic carbocycles. The molecule has 3 heteroatoms. The van der Waals surface area contributed by atoms with Gasteiger partial charge in [-0.2, -0.15) is 0 Å². The van der Waals surface area contributed by atoms with Crippen LogP contribution in [0.4, 0.5) is 17.1 Å². The fourth-order valence-corrected chi connectivity index (χ4v) is 9.46. The van der Waals surface area contributed by atoms with Crippen molar-refractivity contribution >= 4 is 60.9 Å². The topological polar surface area (TPSA) is 29.5 Å². The summed E-state index contributed by atoms with van der Waals surface area (Å²) in [6.07, 6.45) is 0. The summed E-state index contributed by atoms with van der Waals surface area (Å²) in [6.45, 7) is 0. The standard InChI is InChI=1S/C60H39NO2/c1-3-17-40(18-4-1)46-23-7-8-25-51(46)58-47(41-19-5-2-6-20-41)27-15-31-54(58)61(44-37-35-42(36-38-44)48-28-16-34-57-59(48)53-26-10-12-33-56(53)62-57)45-22-13-21-43(39-45)49-29-14-30-52-50-24-9-11-32-55(50)63-60(49)52/h1-39H. The van der Waals surface area contributed by atoms with Crippen molar-refractivity contribution in [3.63, 3.8) is 0 Å². The van der Waals surface area contributed by atoms with Crippen LogP contribution in [0.25, 0.3) is 99.5 Å². The third kappa shape index (κ3) is 6.29. The van der Waals surface area contributed by atoms with E-state index in [4.69, 9.17) is 8.83 Å². The Morgan fingerprint density at radius 3 is 1.60 bits per heavy atom. The van der Waals surface area contributed by atoms with Gasteiger partial charge in [0.05, 0.1) is 5.69 Å². The third-order valence-corrected chi connectivity index (χ3v) is 12.3. The van der Waals surface area contributed by atoms with E-state index < -0.39 is 0 Å². The third-order valence-electron chi connectivity index (χ3n) is 12.3. The maximum Gasteiger partial charge on any atom is 0.143 e. The number of furan rings is 2. The van der Waals surface area contributed by atoms with E-state index in [9.17, 15) is 0 Å². The van der Waals surface area contributed by atoms with Crippen LogP contribution in [0, 0.1) is 0 Å². The Morgan fingerprint density at radius 1 is 0.286 bits per heavy atom. The average Bonchev–Trinajstić information content (AvgIpc) is 3.94. The van der Waals surface area contributed by atoms with Crippen LogP contribution in [-0.2, 0) is 0 Å². The predicted molar refractivity (Wildman–Crippen MR) is 263 cm³/mol. The molecule has 0 bridgehead atoms. The van der Waals surface area contributed by atoms with Crippen LogP contribution in [-0.4, -0.2) is 0 Å². The summed E-state index contributed by atoms with van der Waals surface area (Å²) in [5.41, 5.74) is 18.0. The first-order chi connectivity index (χ1) is 31.3. The maximum absolute atomic E-state index is 6.59. The summed E-state index contributed by atoms with van der Waals surface area (Å²) in [5, 5.41) is 4.47. The number of anilines is 3. The first kappa shape index (κ1) is 36.5. The highest BCUT2D eigenvalue weighted by atomic mass is 16.3. The van der Waals surface area contributed by atoms with E-state index in [-0.39, 0.29) is 0 Å². The molecule has 0 spiro atoms. The van der Waals surface area contributed by atoms with E-state index in [1.54, 1.807) is 0 Å². The summed E-state index contributed by atoms with van der Waals surface area (Å²) in [7, 11) is 0. The lowest BCUT2D eigenvalue weighted by Crippen LogP contribution is -2.12. The zero-order valence-electron chi connectivity index (χ0n) is 34.3. The van der Waals surface area contributed by atoms with Crippen LogP contribution in [0.15, 0.2) is 245 Å². The van der Waals surface area contributed by atoms with Gasteiger partial charge in [0.25, 0.3) is 0 Å². The van der Waals surface area contributed by atoms with E-state index in [1.165, 1.54) is 11.1 Å². The van der Waals surface area contributed by atoms with Gasteiger partial charge in [-0.1, -0.05) is 188 Å². The van der Waals surface area contributed by atoms with Gasteiger partial charge in [-0.3, -0.25) is 0 Å². The second-order valence-corrected chi connectivity index (χ2v) is 16.0. The average molecular weight is 806 g/mol. The molecule has 0 N–H and O–H groups in total. The highest BCUT2D eigenvalue weighted by Crippen LogP contribution is 2.49. The van der Waals surface area contributed by atoms with Crippen molar-refractivity contribution in [3.8, 4) is 55.6 Å². The monoisotopic (exact) mass is 805 g/mol. The molecule has 0 saturated carbocycles. The lowest BCUT2D eigenvalue weighted by Gasteiger charge is -2.30. The predicted octanol–water partition coefficient (Wildman–Crippen LogP) is 17.3. The van der Waals surface area contributed by atoms with Crippen molar-refractivity contribution in [2.24, 2.45) is 0 Å². The molecule has 2 heterocycles. The van der Waals surface area contributed by atoms with E-state index in [0.717, 1.165) is 105 Å². The van der Waals surface area contributed by atoms with E-state index in [1.807, 2.05) is 24.3 Å². The molecule has 0 saturated heterocycles. The first-order valence-corrected chi connectivity index (χ1v) is 21.4. The van der Waals surface area contributed by atoms with Gasteiger partial charge >= 0.3 is 0 Å². The lowest BCUT2D eigenvalue weighted by atomic mass is 9.87. The number of hydrogen-bond donors (Lipinski definition) is 0. The van der Waals surface area contributed by atoms with Gasteiger partial charge in [-0.05, 0) is 93.0 Å². The highest BCUT2D eigenvalue weighted by molar-refractivity contribution is 6.13. The molecular formula is C60H39NO2. The second-order valence-electron chi connectivity index (χ2n) is 16.0. The molecule has 0 fully saturated rings. The Bertz CT molecular complexity index is 3620. The SMILES string of the molecule is c1ccc(-c2ccccc2-c2c(-c3ccccc3)cccc2N(c2ccc(-c3cccc4oc5ccccc5c34)cc2)c2cccc(-c3cccc4c3oc3ccccc34)c2)cc1. The van der Waals surface area contributed by atoms with Crippen molar-refractivity contribution in [2.75, 3.05) is 4.90 Å². The summed E-state index contributed by atoms with van der Waals surface area (Å²) >= 11 is 0. The smallest absolute Gasteiger partial charge is 0.143 e. The Hall–Kier alpha value is -8.40. The van der Waals surface area contributed by atoms with Crippen LogP contribution in [0.1, 0.15) is 0 Å². The number of fused-ring (bicyclic) bond motifs is 6. The first-order valence-electron chi connectivity index (χ1n) is 21.4. The summed E-state index contributed by atoms with van der Waals surface area (Å²) in [5.74, 6) is 0. The van der Waals surface area contributed by atoms with Crippen molar-refractivity contribution in [1.82, 2.24) is 0 Å². The minimum Gasteiger partial charge on any atom is -0.456 e. The summed E-state index contributed by atoms with van der Waals surface area (Å²) in [4.78, 5) is 2.42. The molecule has 2 aromatic heterocycles. The molecule has 10 aromatic carbocycles. The van der Waals surface area contributed by atoms with Gasteiger partial charge in [0, 0.05) is 44.0 Å². The van der Waals surface area contributed by atoms with Gasteiger partial charge in [0.1, 0.15) is 22.3 Å². The zero-order valence-corrected chi connectivity index (χ0v) is 34.3. The Labute approximate surface area is 365 Å². The minimum absolute atomic E-state index is 0.884. The normalized spacial score (nSPS) is 11.5. The molecule has 63 heavy (non-hydrogen) atoms. The van der Waals surface area contributed by atoms with Crippen LogP contribution < -0.4 is 4.90 Å². The molecule has 0 atom stereocenters. The Balaban J connectivity index is 1.10. The molecule has 0 amide bonds. The fraction of sp³-hybridized carbons (Fsp3) is 0. The summed E-state index contributed by atoms with van der Waals surface area (Å²) < 4.78 is 12.9. The van der Waals surface area contributed by atoms with Crippen LogP contribution in [0.3, 0.4) is 0 Å². The van der Waals surface area contributed by atoms with Gasteiger partial charge in [-0.15, -0.1) is 0 Å². The van der Waals surface area contributed by atoms with Crippen LogP contribution in [0.5, 0.6) is 0 Å². The molecule has 0 aliphatic rings. The molecule has 12 rings (SSSR count). The van der Waals surface area contributed by atoms with Crippen molar-refractivity contribution in [2.45, 2.75) is 0 Å². The molecule has 0 aliphatic heterocycles. The molecule has 12 aromatic rings. The van der Waals surface area contributed by atoms with Gasteiger partial charge in [0.15, 0.2) is 0 Å². The minimum atomic E-state index is 0.884. The maximum atomic E-state index is 6.59. The number of rotatable bonds is 8. The van der Waals surface area contributed by atoms with Crippen LogP contribution in [0.2, 0.25) is 0 Å². The fourth-order valence-electron chi connectivity index (χ4n) is 9.46. The summed E-state index contributed by atoms with van der Waals surface area (Å²) in [6, 6.07) is 84.2. The van der Waals surface area contributed by atoms with Crippen molar-refractivity contribution in [3.05, 3.63) is 237 Å². The molecule has 3 nitrogen and oxygen atoms in total. The van der Waals surface area contributed by atoms with E-state index in [0.29, 0.717) is 0 Å². The molecular weight excluding hydrogens is 767 g/mol. The van der Waals surface area contributed by atoms with Gasteiger partial charge < -0.3 is 13.7 Å². The van der Waals surface area contributed by atoms with Crippen LogP contribution >= 0.6 is 0 Å². The van der Waals surface area contributed by atoms with E-state index >= 15 is 0 Å². The number of nitrogens with zero attached hydrogens (tertiary/aromatic N) is 1. The number of hydrogen-bond acceptors (Lipinski definition) is 3. The van der Waals surface area contributed by atoms with Gasteiger partial charge in [-0.25, -0.2) is 0 Å². The Kier molecular flexibility index (Phi) is 8.83. The van der Waals surface area contributed by atoms with E-state index in [2.05, 4.69) is 217 Å². The zero-order chi connectivity index (χ0) is 41.7. The quantitative estimate of drug-likeness (QED) is 0.153. The molecule has 296 valence electrons. The highest BCUT2D eigenvalue weighted by Gasteiger charge is 2.24. The van der Waals surface area contributed by atoms with Crippen molar-refractivity contribution in [1.29, 1.82) is 0 Å². The molecule has 0 radical (unpaired) electrons. The number of benzene rings is 10. The van der Waals surface area contributed by atoms with Gasteiger partial charge in [0.2, 0.25) is 0 Å². The number of para-hydroxylation sites is 3. The lowest BCUT2D eigenvalue weighted by molar-refractivity contribution is 0.669. The molecule has 0 unspecified atom stereocenters.